The van der Waals surface area contributed by atoms with Crippen LogP contribution in [0.4, 0.5) is 5.82 Å². The fourth-order valence-electron chi connectivity index (χ4n) is 5.20. The molecule has 3 N–H and O–H groups in total. The van der Waals surface area contributed by atoms with Crippen molar-refractivity contribution in [2.45, 2.75) is 70.7 Å². The van der Waals surface area contributed by atoms with Crippen molar-refractivity contribution < 1.29 is 19.1 Å². The van der Waals surface area contributed by atoms with E-state index < -0.39 is 6.10 Å². The first-order valence-electron chi connectivity index (χ1n) is 13.6. The van der Waals surface area contributed by atoms with Gasteiger partial charge in [0.15, 0.2) is 12.2 Å². The molecule has 1 aliphatic carbocycles. The van der Waals surface area contributed by atoms with Crippen molar-refractivity contribution in [3.63, 3.8) is 0 Å². The number of rotatable bonds is 10. The summed E-state index contributed by atoms with van der Waals surface area (Å²) < 4.78 is 11.2. The number of β-amino-alcohol motifs (C(OH)–C–C–N with tert-alkyl or cyclic N) is 1. The van der Waals surface area contributed by atoms with Crippen LogP contribution in [0.5, 0.6) is 5.75 Å². The molecule has 0 bridgehead atoms. The summed E-state index contributed by atoms with van der Waals surface area (Å²) in [7, 11) is 0. The number of ether oxygens (including phenoxy) is 1. The number of nitrogens with one attached hydrogen (secondary N) is 2. The highest BCUT2D eigenvalue weighted by atomic mass is 35.5. The van der Waals surface area contributed by atoms with E-state index in [1.54, 1.807) is 6.07 Å². The summed E-state index contributed by atoms with van der Waals surface area (Å²) in [5, 5.41) is 17.5. The molecule has 0 spiro atoms. The topological polar surface area (TPSA) is 126 Å². The van der Waals surface area contributed by atoms with Gasteiger partial charge in [-0.2, -0.15) is 0 Å². The number of aryl methyl sites for hydroxylation is 1. The van der Waals surface area contributed by atoms with Crippen LogP contribution in [0.25, 0.3) is 0 Å². The number of oxazole rings is 1. The number of aliphatic hydroxyl groups excluding tert-OH is 1. The molecule has 2 aliphatic rings. The number of amides is 1. The minimum Gasteiger partial charge on any atom is -0.484 e. The molecule has 5 rings (SSSR count). The molecular weight excluding hydrogens is 520 g/mol. The van der Waals surface area contributed by atoms with E-state index in [4.69, 9.17) is 20.8 Å². The molecule has 2 aromatic heterocycles. The second kappa shape index (κ2) is 12.8. The molecule has 1 saturated carbocycles. The number of anilines is 1. The van der Waals surface area contributed by atoms with Gasteiger partial charge in [0.1, 0.15) is 30.2 Å². The molecule has 1 unspecified atom stereocenters. The van der Waals surface area contributed by atoms with Crippen LogP contribution in [-0.2, 0) is 19.6 Å². The van der Waals surface area contributed by atoms with Gasteiger partial charge in [-0.05, 0) is 43.4 Å². The normalized spacial score (nSPS) is 16.9. The fourth-order valence-corrected chi connectivity index (χ4v) is 5.54. The number of aliphatic hydroxyl groups is 1. The van der Waals surface area contributed by atoms with E-state index in [1.165, 1.54) is 32.0 Å². The van der Waals surface area contributed by atoms with Gasteiger partial charge in [-0.15, -0.1) is 0 Å². The van der Waals surface area contributed by atoms with Crippen molar-refractivity contribution >= 4 is 23.3 Å². The highest BCUT2D eigenvalue weighted by molar-refractivity contribution is 6.33. The van der Waals surface area contributed by atoms with E-state index in [9.17, 15) is 9.90 Å². The van der Waals surface area contributed by atoms with Crippen LogP contribution in [0.2, 0.25) is 5.02 Å². The molecule has 1 aromatic carbocycles. The van der Waals surface area contributed by atoms with E-state index in [-0.39, 0.29) is 24.8 Å². The van der Waals surface area contributed by atoms with Crippen molar-refractivity contribution in [1.29, 1.82) is 0 Å². The van der Waals surface area contributed by atoms with E-state index in [0.29, 0.717) is 41.5 Å². The molecule has 39 heavy (non-hydrogen) atoms. The van der Waals surface area contributed by atoms with Gasteiger partial charge >= 0.3 is 0 Å². The maximum Gasteiger partial charge on any atom is 0.270 e. The maximum atomic E-state index is 12.7. The number of halogens is 1. The molecule has 1 amide bonds. The Bertz CT molecular complexity index is 1280. The summed E-state index contributed by atoms with van der Waals surface area (Å²) in [5.74, 6) is 1.62. The molecule has 11 heteroatoms. The third-order valence-electron chi connectivity index (χ3n) is 7.40. The highest BCUT2D eigenvalue weighted by Crippen LogP contribution is 2.34. The lowest BCUT2D eigenvalue weighted by Crippen LogP contribution is -2.42. The number of nitrogens with zero attached hydrogens (tertiary/aromatic N) is 4. The van der Waals surface area contributed by atoms with Gasteiger partial charge in [-0.1, -0.05) is 36.9 Å². The molecule has 1 fully saturated rings. The highest BCUT2D eigenvalue weighted by Gasteiger charge is 2.23. The van der Waals surface area contributed by atoms with E-state index in [2.05, 4.69) is 30.5 Å². The van der Waals surface area contributed by atoms with Gasteiger partial charge < -0.3 is 24.9 Å². The second-order valence-corrected chi connectivity index (χ2v) is 10.7. The van der Waals surface area contributed by atoms with Crippen LogP contribution >= 0.6 is 11.6 Å². The molecule has 3 heterocycles. The first-order valence-corrected chi connectivity index (χ1v) is 13.9. The number of aromatic nitrogens is 3. The smallest absolute Gasteiger partial charge is 0.270 e. The predicted molar refractivity (Wildman–Crippen MR) is 147 cm³/mol. The molecular formula is C28H35ClN6O4. The summed E-state index contributed by atoms with van der Waals surface area (Å²) in [4.78, 5) is 27.3. The summed E-state index contributed by atoms with van der Waals surface area (Å²) in [6.45, 7) is 4.09. The Kier molecular flexibility index (Phi) is 8.95. The molecule has 0 radical (unpaired) electrons. The van der Waals surface area contributed by atoms with Crippen LogP contribution in [-0.4, -0.2) is 62.6 Å². The maximum absolute atomic E-state index is 12.7. The average Bonchev–Trinajstić information content (AvgIpc) is 3.36. The van der Waals surface area contributed by atoms with Gasteiger partial charge in [0, 0.05) is 38.3 Å². The molecule has 0 saturated heterocycles. The minimum atomic E-state index is -0.722. The lowest BCUT2D eigenvalue weighted by molar-refractivity contribution is 0.0838. The average molecular weight is 555 g/mol. The van der Waals surface area contributed by atoms with E-state index >= 15 is 0 Å². The van der Waals surface area contributed by atoms with Gasteiger partial charge in [0.05, 0.1) is 16.8 Å². The Morgan fingerprint density at radius 2 is 2.10 bits per heavy atom. The minimum absolute atomic E-state index is 0.131. The Morgan fingerprint density at radius 1 is 1.26 bits per heavy atom. The fraction of sp³-hybridized carbons (Fsp3) is 0.500. The van der Waals surface area contributed by atoms with Crippen molar-refractivity contribution in [3.8, 4) is 5.75 Å². The molecule has 3 aromatic rings. The molecule has 1 atom stereocenters. The monoisotopic (exact) mass is 554 g/mol. The quantitative estimate of drug-likeness (QED) is 0.342. The lowest BCUT2D eigenvalue weighted by atomic mass is 9.95. The zero-order valence-electron chi connectivity index (χ0n) is 22.2. The standard InChI is InChI=1S/C28H35ClN6O4/c1-18-25(39-17-33-18)15-38-24-8-7-19-13-35(10-9-22(19)27(24)29)14-21(36)12-30-28(37)23-11-26(32-16-31-23)34-20-5-3-2-4-6-20/h7-8,11,16-17,20-21,36H,2-6,9-10,12-15H2,1H3,(H,30,37)(H,31,32,34). The second-order valence-electron chi connectivity index (χ2n) is 10.3. The van der Waals surface area contributed by atoms with Crippen LogP contribution in [0.1, 0.15) is 65.2 Å². The number of benzene rings is 1. The van der Waals surface area contributed by atoms with E-state index in [0.717, 1.165) is 42.6 Å². The van der Waals surface area contributed by atoms with Gasteiger partial charge in [0.25, 0.3) is 5.91 Å². The molecule has 10 nitrogen and oxygen atoms in total. The van der Waals surface area contributed by atoms with Crippen molar-refractivity contribution in [2.75, 3.05) is 25.0 Å². The summed E-state index contributed by atoms with van der Waals surface area (Å²) in [6, 6.07) is 5.94. The Labute approximate surface area is 233 Å². The molecule has 208 valence electrons. The van der Waals surface area contributed by atoms with Crippen LogP contribution in [0.3, 0.4) is 0 Å². The third kappa shape index (κ3) is 7.06. The number of carbonyl (C=O) groups is 1. The Hall–Kier alpha value is -3.21. The SMILES string of the molecule is Cc1ncoc1COc1ccc2c(c1Cl)CCN(CC(O)CNC(=O)c1cc(NC3CCCCC3)ncn1)C2. The zero-order valence-corrected chi connectivity index (χ0v) is 22.9. The summed E-state index contributed by atoms with van der Waals surface area (Å²) >= 11 is 6.67. The molecule has 1 aliphatic heterocycles. The third-order valence-corrected chi connectivity index (χ3v) is 7.82. The van der Waals surface area contributed by atoms with Crippen molar-refractivity contribution in [1.82, 2.24) is 25.2 Å². The summed E-state index contributed by atoms with van der Waals surface area (Å²) in [6.07, 6.45) is 8.75. The van der Waals surface area contributed by atoms with Crippen molar-refractivity contribution in [2.24, 2.45) is 0 Å². The number of hydrogen-bond donors (Lipinski definition) is 3. The van der Waals surface area contributed by atoms with Crippen LogP contribution in [0, 0.1) is 6.92 Å². The first-order chi connectivity index (χ1) is 19.0. The zero-order chi connectivity index (χ0) is 27.2. The Balaban J connectivity index is 1.09. The number of hydrogen-bond acceptors (Lipinski definition) is 9. The first kappa shape index (κ1) is 27.4. The lowest BCUT2D eigenvalue weighted by Gasteiger charge is -2.31. The Morgan fingerprint density at radius 3 is 2.90 bits per heavy atom. The van der Waals surface area contributed by atoms with Gasteiger partial charge in [-0.25, -0.2) is 15.0 Å². The van der Waals surface area contributed by atoms with Gasteiger partial charge in [-0.3, -0.25) is 9.69 Å². The van der Waals surface area contributed by atoms with Crippen LogP contribution < -0.4 is 15.4 Å². The van der Waals surface area contributed by atoms with E-state index in [1.807, 2.05) is 19.1 Å². The largest absolute Gasteiger partial charge is 0.484 e. The van der Waals surface area contributed by atoms with Crippen LogP contribution in [0.15, 0.2) is 35.3 Å². The van der Waals surface area contributed by atoms with Crippen molar-refractivity contribution in [3.05, 3.63) is 64.2 Å². The van der Waals surface area contributed by atoms with Gasteiger partial charge in [0.2, 0.25) is 0 Å². The number of carbonyl (C=O) groups excluding carboxylic acids is 1. The number of fused-ring (bicyclic) bond motifs is 1. The summed E-state index contributed by atoms with van der Waals surface area (Å²) in [5.41, 5.74) is 3.24. The predicted octanol–water partition coefficient (Wildman–Crippen LogP) is 3.90.